The fourth-order valence-corrected chi connectivity index (χ4v) is 4.88. The Kier molecular flexibility index (Phi) is 5.22. The van der Waals surface area contributed by atoms with Crippen LogP contribution in [-0.4, -0.2) is 19.9 Å². The summed E-state index contributed by atoms with van der Waals surface area (Å²) in [4.78, 5) is 14.4. The molecule has 1 aliphatic rings. The number of sulfonamides is 1. The van der Waals surface area contributed by atoms with Gasteiger partial charge in [-0.1, -0.05) is 71.9 Å². The van der Waals surface area contributed by atoms with Crippen LogP contribution in [0.15, 0.2) is 104 Å². The number of benzene rings is 3. The summed E-state index contributed by atoms with van der Waals surface area (Å²) in [6.45, 7) is 1.99. The Labute approximate surface area is 174 Å². The van der Waals surface area contributed by atoms with Gasteiger partial charge in [0, 0.05) is 16.0 Å². The molecule has 4 rings (SSSR count). The number of carbonyl (C=O) groups is 1. The van der Waals surface area contributed by atoms with Gasteiger partial charge in [-0.25, -0.2) is 0 Å². The van der Waals surface area contributed by atoms with Gasteiger partial charge in [0.15, 0.2) is 5.78 Å². The van der Waals surface area contributed by atoms with Crippen molar-refractivity contribution in [2.24, 2.45) is 4.40 Å². The molecule has 0 saturated carbocycles. The Morgan fingerprint density at radius 2 is 1.41 bits per heavy atom. The summed E-state index contributed by atoms with van der Waals surface area (Å²) in [5.41, 5.74) is 2.36. The number of nitrogens with zero attached hydrogens (tertiary/aromatic N) is 1. The van der Waals surface area contributed by atoms with E-state index in [-0.39, 0.29) is 16.4 Å². The molecular formula is C23H17NO3S2. The Bertz CT molecular complexity index is 1240. The van der Waals surface area contributed by atoms with E-state index in [4.69, 9.17) is 0 Å². The van der Waals surface area contributed by atoms with Gasteiger partial charge in [-0.2, -0.15) is 12.8 Å². The van der Waals surface area contributed by atoms with E-state index in [2.05, 4.69) is 4.40 Å². The number of fused-ring (bicyclic) bond motifs is 1. The van der Waals surface area contributed by atoms with Crippen molar-refractivity contribution in [1.29, 1.82) is 0 Å². The molecule has 0 N–H and O–H groups in total. The molecule has 0 radical (unpaired) electrons. The SMILES string of the molecule is Cc1ccc(SC2=C/C(=N/S(=O)(=O)c3ccccc3)c3ccccc3C2=O)cc1. The van der Waals surface area contributed by atoms with Gasteiger partial charge in [0.25, 0.3) is 10.0 Å². The molecule has 0 heterocycles. The number of rotatable bonds is 4. The van der Waals surface area contributed by atoms with Crippen molar-refractivity contribution in [3.63, 3.8) is 0 Å². The summed E-state index contributed by atoms with van der Waals surface area (Å²) in [6.07, 6.45) is 1.57. The lowest BCUT2D eigenvalue weighted by atomic mass is 9.94. The number of carbonyl (C=O) groups excluding carboxylic acids is 1. The first kappa shape index (κ1) is 19.4. The fraction of sp³-hybridized carbons (Fsp3) is 0.0435. The van der Waals surface area contributed by atoms with Crippen LogP contribution >= 0.6 is 11.8 Å². The molecule has 4 nitrogen and oxygen atoms in total. The van der Waals surface area contributed by atoms with Crippen molar-refractivity contribution in [3.8, 4) is 0 Å². The maximum atomic E-state index is 13.0. The normalized spacial score (nSPS) is 15.1. The van der Waals surface area contributed by atoms with Crippen LogP contribution in [0.25, 0.3) is 0 Å². The van der Waals surface area contributed by atoms with Crippen LogP contribution in [0.2, 0.25) is 0 Å². The Hall–Kier alpha value is -2.96. The molecule has 0 unspecified atom stereocenters. The maximum absolute atomic E-state index is 13.0. The summed E-state index contributed by atoms with van der Waals surface area (Å²) in [7, 11) is -3.90. The lowest BCUT2D eigenvalue weighted by molar-refractivity contribution is 0.104. The van der Waals surface area contributed by atoms with Crippen molar-refractivity contribution in [2.75, 3.05) is 0 Å². The van der Waals surface area contributed by atoms with E-state index in [1.54, 1.807) is 48.5 Å². The molecule has 3 aromatic rings. The highest BCUT2D eigenvalue weighted by Crippen LogP contribution is 2.34. The summed E-state index contributed by atoms with van der Waals surface area (Å²) in [5.74, 6) is -0.137. The molecule has 0 bridgehead atoms. The highest BCUT2D eigenvalue weighted by Gasteiger charge is 2.26. The summed E-state index contributed by atoms with van der Waals surface area (Å²) in [6, 6.07) is 22.8. The third kappa shape index (κ3) is 4.09. The van der Waals surface area contributed by atoms with Crippen LogP contribution in [-0.2, 0) is 10.0 Å². The van der Waals surface area contributed by atoms with E-state index in [0.717, 1.165) is 10.5 Å². The third-order valence-electron chi connectivity index (χ3n) is 4.45. The summed E-state index contributed by atoms with van der Waals surface area (Å²) < 4.78 is 29.6. The van der Waals surface area contributed by atoms with Crippen molar-refractivity contribution in [2.45, 2.75) is 16.7 Å². The van der Waals surface area contributed by atoms with Crippen LogP contribution in [0, 0.1) is 6.92 Å². The van der Waals surface area contributed by atoms with Gasteiger partial charge >= 0.3 is 0 Å². The molecule has 0 aliphatic heterocycles. The number of ketones is 1. The first-order valence-corrected chi connectivity index (χ1v) is 11.2. The van der Waals surface area contributed by atoms with Gasteiger partial charge in [0.1, 0.15) is 0 Å². The van der Waals surface area contributed by atoms with E-state index in [9.17, 15) is 13.2 Å². The molecule has 0 spiro atoms. The number of thioether (sulfide) groups is 1. The third-order valence-corrected chi connectivity index (χ3v) is 6.78. The lowest BCUT2D eigenvalue weighted by Gasteiger charge is -2.17. The predicted octanol–water partition coefficient (Wildman–Crippen LogP) is 5.05. The molecule has 6 heteroatoms. The smallest absolute Gasteiger partial charge is 0.282 e. The van der Waals surface area contributed by atoms with Crippen LogP contribution in [0.1, 0.15) is 21.5 Å². The minimum atomic E-state index is -3.90. The highest BCUT2D eigenvalue weighted by atomic mass is 32.2. The summed E-state index contributed by atoms with van der Waals surface area (Å²) in [5, 5.41) is 0. The fourth-order valence-electron chi connectivity index (χ4n) is 2.96. The van der Waals surface area contributed by atoms with Crippen LogP contribution < -0.4 is 0 Å². The zero-order chi connectivity index (χ0) is 20.4. The van der Waals surface area contributed by atoms with Gasteiger partial charge in [-0.05, 0) is 37.3 Å². The predicted molar refractivity (Wildman–Crippen MR) is 116 cm³/mol. The zero-order valence-corrected chi connectivity index (χ0v) is 17.2. The van der Waals surface area contributed by atoms with Crippen molar-refractivity contribution in [1.82, 2.24) is 0 Å². The largest absolute Gasteiger partial charge is 0.288 e. The summed E-state index contributed by atoms with van der Waals surface area (Å²) >= 11 is 1.31. The second-order valence-electron chi connectivity index (χ2n) is 6.56. The quantitative estimate of drug-likeness (QED) is 0.594. The molecule has 3 aromatic carbocycles. The van der Waals surface area contributed by atoms with Crippen LogP contribution in [0.3, 0.4) is 0 Å². The van der Waals surface area contributed by atoms with E-state index in [1.165, 1.54) is 23.9 Å². The molecule has 0 fully saturated rings. The number of Topliss-reactive ketones (excluding diaryl/α,β-unsaturated/α-hetero) is 1. The van der Waals surface area contributed by atoms with Crippen LogP contribution in [0.4, 0.5) is 0 Å². The Morgan fingerprint density at radius 3 is 2.10 bits per heavy atom. The average Bonchev–Trinajstić information content (AvgIpc) is 2.73. The minimum Gasteiger partial charge on any atom is -0.288 e. The Balaban J connectivity index is 1.81. The number of aryl methyl sites for hydroxylation is 1. The molecule has 0 amide bonds. The molecule has 0 saturated heterocycles. The van der Waals surface area contributed by atoms with Crippen molar-refractivity contribution < 1.29 is 13.2 Å². The second kappa shape index (κ2) is 7.81. The van der Waals surface area contributed by atoms with E-state index in [0.29, 0.717) is 16.0 Å². The topological polar surface area (TPSA) is 63.6 Å². The van der Waals surface area contributed by atoms with Gasteiger partial charge in [-0.3, -0.25) is 4.79 Å². The highest BCUT2D eigenvalue weighted by molar-refractivity contribution is 8.04. The van der Waals surface area contributed by atoms with Crippen LogP contribution in [0.5, 0.6) is 0 Å². The molecule has 29 heavy (non-hydrogen) atoms. The molecule has 144 valence electrons. The van der Waals surface area contributed by atoms with Crippen molar-refractivity contribution >= 4 is 33.3 Å². The van der Waals surface area contributed by atoms with E-state index in [1.807, 2.05) is 31.2 Å². The molecular weight excluding hydrogens is 402 g/mol. The maximum Gasteiger partial charge on any atom is 0.282 e. The van der Waals surface area contributed by atoms with Gasteiger partial charge in [-0.15, -0.1) is 0 Å². The Morgan fingerprint density at radius 1 is 0.793 bits per heavy atom. The minimum absolute atomic E-state index is 0.114. The lowest BCUT2D eigenvalue weighted by Crippen LogP contribution is -2.17. The zero-order valence-electron chi connectivity index (χ0n) is 15.6. The van der Waals surface area contributed by atoms with Crippen molar-refractivity contribution in [3.05, 3.63) is 107 Å². The van der Waals surface area contributed by atoms with Gasteiger partial charge < -0.3 is 0 Å². The molecule has 0 atom stereocenters. The van der Waals surface area contributed by atoms with E-state index < -0.39 is 10.0 Å². The molecule has 0 aromatic heterocycles. The number of allylic oxidation sites excluding steroid dienone is 2. The standard InChI is InChI=1S/C23H17NO3S2/c1-16-11-13-17(14-12-16)28-22-15-21(19-9-5-6-10-20(19)23(22)25)24-29(26,27)18-7-3-2-4-8-18/h2-15H,1H3/b24-21-. The first-order valence-electron chi connectivity index (χ1n) is 8.94. The first-order chi connectivity index (χ1) is 13.9. The number of hydrogen-bond acceptors (Lipinski definition) is 4. The van der Waals surface area contributed by atoms with Gasteiger partial charge in [0.05, 0.1) is 15.5 Å². The monoisotopic (exact) mass is 419 g/mol. The second-order valence-corrected chi connectivity index (χ2v) is 9.28. The molecule has 1 aliphatic carbocycles. The van der Waals surface area contributed by atoms with Gasteiger partial charge in [0.2, 0.25) is 0 Å². The average molecular weight is 420 g/mol. The number of hydrogen-bond donors (Lipinski definition) is 0. The van der Waals surface area contributed by atoms with E-state index >= 15 is 0 Å².